The van der Waals surface area contributed by atoms with Crippen molar-refractivity contribution in [2.75, 3.05) is 17.1 Å². The van der Waals surface area contributed by atoms with E-state index >= 15 is 0 Å². The van der Waals surface area contributed by atoms with E-state index in [0.29, 0.717) is 15.6 Å². The lowest BCUT2D eigenvalue weighted by Crippen LogP contribution is -2.52. The van der Waals surface area contributed by atoms with Gasteiger partial charge in [0.2, 0.25) is 21.8 Å². The van der Waals surface area contributed by atoms with Gasteiger partial charge >= 0.3 is 0 Å². The minimum absolute atomic E-state index is 0.0293. The second-order valence-corrected chi connectivity index (χ2v) is 12.8. The van der Waals surface area contributed by atoms with Crippen LogP contribution in [0, 0.1) is 11.6 Å². The average molecular weight is 641 g/mol. The van der Waals surface area contributed by atoms with E-state index in [4.69, 9.17) is 23.2 Å². The second kappa shape index (κ2) is 14.8. The highest BCUT2D eigenvalue weighted by Crippen LogP contribution is 2.28. The van der Waals surface area contributed by atoms with Crippen LogP contribution in [0.25, 0.3) is 0 Å². The highest BCUT2D eigenvalue weighted by Gasteiger charge is 2.32. The predicted molar refractivity (Wildman–Crippen MR) is 162 cm³/mol. The molecule has 0 aliphatic heterocycles. The Labute approximate surface area is 255 Å². The third-order valence-corrected chi connectivity index (χ3v) is 8.34. The zero-order valence-corrected chi connectivity index (χ0v) is 25.8. The molecule has 0 spiro atoms. The van der Waals surface area contributed by atoms with Crippen LogP contribution in [0.3, 0.4) is 0 Å². The minimum Gasteiger partial charge on any atom is -0.352 e. The van der Waals surface area contributed by atoms with E-state index in [0.717, 1.165) is 34.3 Å². The molecule has 0 radical (unpaired) electrons. The Bertz CT molecular complexity index is 1490. The van der Waals surface area contributed by atoms with Gasteiger partial charge in [0, 0.05) is 53.6 Å². The summed E-state index contributed by atoms with van der Waals surface area (Å²) in [4.78, 5) is 28.7. The molecule has 1 atom stereocenters. The van der Waals surface area contributed by atoms with Crippen molar-refractivity contribution in [3.05, 3.63) is 99.5 Å². The molecule has 0 aliphatic rings. The normalized spacial score (nSPS) is 12.2. The van der Waals surface area contributed by atoms with Gasteiger partial charge in [0.15, 0.2) is 11.6 Å². The van der Waals surface area contributed by atoms with Gasteiger partial charge < -0.3 is 10.2 Å². The summed E-state index contributed by atoms with van der Waals surface area (Å²) in [6.45, 7) is 3.37. The molecule has 0 saturated carbocycles. The first-order valence-electron chi connectivity index (χ1n) is 13.3. The highest BCUT2D eigenvalue weighted by atomic mass is 35.5. The molecule has 3 aromatic rings. The smallest absolute Gasteiger partial charge is 0.243 e. The fourth-order valence-corrected chi connectivity index (χ4v) is 5.91. The summed E-state index contributed by atoms with van der Waals surface area (Å²) < 4.78 is 53.2. The SMILES string of the molecule is CC(C)NC(=O)[C@@H](Cc1ccccc1)N(Cc1c(Cl)cccc1Cl)C(=O)CCCN(c1ccc(F)c(F)c1)S(C)(=O)=O. The number of anilines is 1. The van der Waals surface area contributed by atoms with E-state index in [1.165, 1.54) is 4.90 Å². The Balaban J connectivity index is 1.93. The maximum absolute atomic E-state index is 13.9. The van der Waals surface area contributed by atoms with Crippen LogP contribution in [0.1, 0.15) is 37.8 Å². The van der Waals surface area contributed by atoms with Crippen molar-refractivity contribution in [3.8, 4) is 0 Å². The quantitative estimate of drug-likeness (QED) is 0.249. The number of amides is 2. The van der Waals surface area contributed by atoms with Gasteiger partial charge in [-0.25, -0.2) is 17.2 Å². The Morgan fingerprint density at radius 3 is 2.14 bits per heavy atom. The topological polar surface area (TPSA) is 86.8 Å². The summed E-state index contributed by atoms with van der Waals surface area (Å²) in [7, 11) is -3.89. The van der Waals surface area contributed by atoms with E-state index in [9.17, 15) is 26.8 Å². The summed E-state index contributed by atoms with van der Waals surface area (Å²) in [6, 6.07) is 15.8. The standard InChI is InChI=1S/C30H33Cl2F2N3O4S/c1-20(2)35-30(39)28(17-21-9-5-4-6-10-21)36(19-23-24(31)11-7-12-25(23)32)29(38)13-8-16-37(42(3,40)41)22-14-15-26(33)27(34)18-22/h4-7,9-12,14-15,18,20,28H,8,13,16-17,19H2,1-3H3,(H,35,39)/t28-/m1/s1. The number of hydrogen-bond acceptors (Lipinski definition) is 4. The predicted octanol–water partition coefficient (Wildman–Crippen LogP) is 5.98. The van der Waals surface area contributed by atoms with E-state index in [2.05, 4.69) is 5.32 Å². The maximum atomic E-state index is 13.9. The van der Waals surface area contributed by atoms with E-state index < -0.39 is 33.6 Å². The summed E-state index contributed by atoms with van der Waals surface area (Å²) in [5.41, 5.74) is 1.22. The van der Waals surface area contributed by atoms with Gasteiger partial charge in [-0.1, -0.05) is 59.6 Å². The summed E-state index contributed by atoms with van der Waals surface area (Å²) in [5, 5.41) is 3.53. The van der Waals surface area contributed by atoms with Crippen molar-refractivity contribution in [2.24, 2.45) is 0 Å². The molecule has 0 unspecified atom stereocenters. The van der Waals surface area contributed by atoms with Crippen molar-refractivity contribution in [3.63, 3.8) is 0 Å². The van der Waals surface area contributed by atoms with Gasteiger partial charge in [-0.2, -0.15) is 0 Å². The van der Waals surface area contributed by atoms with Crippen molar-refractivity contribution < 1.29 is 26.8 Å². The first-order chi connectivity index (χ1) is 19.8. The zero-order valence-electron chi connectivity index (χ0n) is 23.5. The minimum atomic E-state index is -3.89. The lowest BCUT2D eigenvalue weighted by molar-refractivity contribution is -0.141. The van der Waals surface area contributed by atoms with Crippen molar-refractivity contribution in [2.45, 2.75) is 51.7 Å². The maximum Gasteiger partial charge on any atom is 0.243 e. The molecule has 2 amide bonds. The molecule has 3 rings (SSSR count). The lowest BCUT2D eigenvalue weighted by atomic mass is 10.0. The Kier molecular flexibility index (Phi) is 11.7. The molecule has 12 heteroatoms. The first kappa shape index (κ1) is 33.3. The molecule has 0 bridgehead atoms. The number of rotatable bonds is 13. The fraction of sp³-hybridized carbons (Fsp3) is 0.333. The number of halogens is 4. The summed E-state index contributed by atoms with van der Waals surface area (Å²) >= 11 is 12.9. The van der Waals surface area contributed by atoms with Gasteiger partial charge in [0.1, 0.15) is 6.04 Å². The van der Waals surface area contributed by atoms with E-state index in [1.807, 2.05) is 44.2 Å². The molecule has 7 nitrogen and oxygen atoms in total. The number of nitrogens with one attached hydrogen (secondary N) is 1. The molecule has 42 heavy (non-hydrogen) atoms. The second-order valence-electron chi connectivity index (χ2n) is 10.1. The van der Waals surface area contributed by atoms with Gasteiger partial charge in [0.05, 0.1) is 11.9 Å². The van der Waals surface area contributed by atoms with Crippen LogP contribution in [0.2, 0.25) is 10.0 Å². The van der Waals surface area contributed by atoms with Gasteiger partial charge in [-0.15, -0.1) is 0 Å². The molecule has 0 heterocycles. The number of hydrogen-bond donors (Lipinski definition) is 1. The number of sulfonamides is 1. The largest absolute Gasteiger partial charge is 0.352 e. The molecular formula is C30H33Cl2F2N3O4S. The number of nitrogens with zero attached hydrogens (tertiary/aromatic N) is 2. The van der Waals surface area contributed by atoms with Gasteiger partial charge in [0.25, 0.3) is 0 Å². The Morgan fingerprint density at radius 2 is 1.57 bits per heavy atom. The fourth-order valence-electron chi connectivity index (χ4n) is 4.43. The van der Waals surface area contributed by atoms with Crippen LogP contribution in [-0.2, 0) is 32.6 Å². The molecule has 0 aromatic heterocycles. The monoisotopic (exact) mass is 639 g/mol. The highest BCUT2D eigenvalue weighted by molar-refractivity contribution is 7.92. The number of carbonyl (C=O) groups is 2. The van der Waals surface area contributed by atoms with E-state index in [-0.39, 0.29) is 50.0 Å². The number of carbonyl (C=O) groups excluding carboxylic acids is 2. The first-order valence-corrected chi connectivity index (χ1v) is 15.9. The van der Waals surface area contributed by atoms with Crippen LogP contribution in [-0.4, -0.2) is 50.0 Å². The van der Waals surface area contributed by atoms with Crippen molar-refractivity contribution >= 4 is 50.7 Å². The third-order valence-electron chi connectivity index (χ3n) is 6.44. The molecule has 1 N–H and O–H groups in total. The van der Waals surface area contributed by atoms with Crippen LogP contribution in [0.5, 0.6) is 0 Å². The summed E-state index contributed by atoms with van der Waals surface area (Å²) in [6.07, 6.45) is 1.02. The Morgan fingerprint density at radius 1 is 0.929 bits per heavy atom. The van der Waals surface area contributed by atoms with Crippen LogP contribution in [0.4, 0.5) is 14.5 Å². The average Bonchev–Trinajstić information content (AvgIpc) is 2.91. The Hall–Kier alpha value is -3.21. The zero-order chi connectivity index (χ0) is 31.0. The van der Waals surface area contributed by atoms with Crippen molar-refractivity contribution in [1.29, 1.82) is 0 Å². The summed E-state index contributed by atoms with van der Waals surface area (Å²) in [5.74, 6) is -3.12. The number of benzene rings is 3. The molecule has 3 aromatic carbocycles. The van der Waals surface area contributed by atoms with Gasteiger partial charge in [-0.3, -0.25) is 13.9 Å². The molecule has 0 aliphatic carbocycles. The van der Waals surface area contributed by atoms with Crippen LogP contribution in [0.15, 0.2) is 66.7 Å². The van der Waals surface area contributed by atoms with Gasteiger partial charge in [-0.05, 0) is 50.1 Å². The van der Waals surface area contributed by atoms with E-state index in [1.54, 1.807) is 18.2 Å². The molecule has 0 fully saturated rings. The van der Waals surface area contributed by atoms with Crippen LogP contribution < -0.4 is 9.62 Å². The molecule has 0 saturated heterocycles. The third kappa shape index (κ3) is 9.14. The van der Waals surface area contributed by atoms with Crippen LogP contribution >= 0.6 is 23.2 Å². The van der Waals surface area contributed by atoms with Crippen molar-refractivity contribution in [1.82, 2.24) is 10.2 Å². The lowest BCUT2D eigenvalue weighted by Gasteiger charge is -2.33. The molecule has 226 valence electrons. The molecular weight excluding hydrogens is 607 g/mol.